The molecule has 33 heavy (non-hydrogen) atoms. The van der Waals surface area contributed by atoms with Crippen molar-refractivity contribution in [3.05, 3.63) is 29.3 Å². The first-order chi connectivity index (χ1) is 15.5. The van der Waals surface area contributed by atoms with Gasteiger partial charge in [0.15, 0.2) is 23.2 Å². The van der Waals surface area contributed by atoms with E-state index in [4.69, 9.17) is 9.84 Å². The number of hydrogen-bond acceptors (Lipinski definition) is 6. The van der Waals surface area contributed by atoms with E-state index in [0.29, 0.717) is 0 Å². The van der Waals surface area contributed by atoms with Gasteiger partial charge in [-0.05, 0) is 19.8 Å². The molecule has 1 fully saturated rings. The molecular weight excluding hydrogens is 456 g/mol. The Morgan fingerprint density at radius 3 is 2.21 bits per heavy atom. The SMILES string of the molecule is CCOC(=O)N1CCC(C(=O)N[C@@H](CC(=O)O)C(=O)COc2c(F)c(F)cc(F)c2F)CC1. The van der Waals surface area contributed by atoms with Gasteiger partial charge >= 0.3 is 12.1 Å². The van der Waals surface area contributed by atoms with Crippen LogP contribution in [-0.2, 0) is 19.1 Å². The minimum atomic E-state index is -1.87. The molecule has 9 nitrogen and oxygen atoms in total. The highest BCUT2D eigenvalue weighted by Crippen LogP contribution is 2.26. The number of piperidine rings is 1. The average Bonchev–Trinajstić information content (AvgIpc) is 2.77. The van der Waals surface area contributed by atoms with E-state index in [0.717, 1.165) is 0 Å². The van der Waals surface area contributed by atoms with Crippen molar-refractivity contribution in [2.45, 2.75) is 32.2 Å². The summed E-state index contributed by atoms with van der Waals surface area (Å²) in [4.78, 5) is 49.1. The molecule has 0 aromatic heterocycles. The lowest BCUT2D eigenvalue weighted by Crippen LogP contribution is -2.49. The number of halogens is 4. The Balaban J connectivity index is 2.00. The first kappa shape index (κ1) is 25.9. The highest BCUT2D eigenvalue weighted by atomic mass is 19.2. The van der Waals surface area contributed by atoms with Crippen LogP contribution in [0.25, 0.3) is 0 Å². The number of nitrogens with one attached hydrogen (secondary N) is 1. The van der Waals surface area contributed by atoms with Crippen LogP contribution < -0.4 is 10.1 Å². The second-order valence-corrected chi connectivity index (χ2v) is 7.17. The number of nitrogens with zero attached hydrogens (tertiary/aromatic N) is 1. The largest absolute Gasteiger partial charge is 0.481 e. The molecule has 1 aromatic carbocycles. The number of carboxylic acids is 1. The molecule has 13 heteroatoms. The van der Waals surface area contributed by atoms with Gasteiger partial charge in [-0.2, -0.15) is 8.78 Å². The van der Waals surface area contributed by atoms with Crippen LogP contribution in [0.5, 0.6) is 5.75 Å². The fourth-order valence-electron chi connectivity index (χ4n) is 3.17. The van der Waals surface area contributed by atoms with Crippen molar-refractivity contribution in [1.82, 2.24) is 10.2 Å². The number of likely N-dealkylation sites (tertiary alicyclic amines) is 1. The Kier molecular flexibility index (Phi) is 9.00. The lowest BCUT2D eigenvalue weighted by molar-refractivity contribution is -0.141. The van der Waals surface area contributed by atoms with E-state index in [1.807, 2.05) is 0 Å². The zero-order valence-electron chi connectivity index (χ0n) is 17.5. The molecule has 2 N–H and O–H groups in total. The van der Waals surface area contributed by atoms with Crippen LogP contribution in [-0.4, -0.2) is 66.1 Å². The zero-order chi connectivity index (χ0) is 24.7. The molecule has 0 unspecified atom stereocenters. The third kappa shape index (κ3) is 6.80. The van der Waals surface area contributed by atoms with E-state index < -0.39 is 77.8 Å². The molecule has 1 aliphatic rings. The smallest absolute Gasteiger partial charge is 0.409 e. The van der Waals surface area contributed by atoms with Crippen molar-refractivity contribution in [2.24, 2.45) is 5.92 Å². The summed E-state index contributed by atoms with van der Waals surface area (Å²) in [7, 11) is 0. The molecule has 0 spiro atoms. The van der Waals surface area contributed by atoms with E-state index in [-0.39, 0.29) is 38.6 Å². The van der Waals surface area contributed by atoms with Gasteiger partial charge in [-0.15, -0.1) is 0 Å². The number of carbonyl (C=O) groups is 4. The molecule has 0 aliphatic carbocycles. The molecule has 0 saturated carbocycles. The Morgan fingerprint density at radius 2 is 1.70 bits per heavy atom. The number of ether oxygens (including phenoxy) is 2. The summed E-state index contributed by atoms with van der Waals surface area (Å²) >= 11 is 0. The molecule has 1 aliphatic heterocycles. The van der Waals surface area contributed by atoms with Gasteiger partial charge in [0.05, 0.1) is 13.0 Å². The van der Waals surface area contributed by atoms with Gasteiger partial charge in [0.25, 0.3) is 0 Å². The summed E-state index contributed by atoms with van der Waals surface area (Å²) in [5.41, 5.74) is 0. The van der Waals surface area contributed by atoms with E-state index in [1.54, 1.807) is 6.92 Å². The average molecular weight is 478 g/mol. The van der Waals surface area contributed by atoms with Gasteiger partial charge in [0.2, 0.25) is 17.5 Å². The second-order valence-electron chi connectivity index (χ2n) is 7.17. The molecule has 182 valence electrons. The van der Waals surface area contributed by atoms with Crippen LogP contribution in [0.1, 0.15) is 26.2 Å². The van der Waals surface area contributed by atoms with Crippen molar-refractivity contribution in [1.29, 1.82) is 0 Å². The van der Waals surface area contributed by atoms with Crippen LogP contribution in [0.4, 0.5) is 22.4 Å². The lowest BCUT2D eigenvalue weighted by Gasteiger charge is -2.31. The van der Waals surface area contributed by atoms with Crippen LogP contribution in [0, 0.1) is 29.2 Å². The van der Waals surface area contributed by atoms with Gasteiger partial charge in [-0.25, -0.2) is 13.6 Å². The third-order valence-corrected chi connectivity index (χ3v) is 4.91. The molecule has 2 amide bonds. The number of aliphatic carboxylic acids is 1. The maximum atomic E-state index is 13.7. The third-order valence-electron chi connectivity index (χ3n) is 4.91. The summed E-state index contributed by atoms with van der Waals surface area (Å²) in [5, 5.41) is 11.3. The number of Topliss-reactive ketones (excluding diaryl/α,β-unsaturated/α-hetero) is 1. The molecule has 0 radical (unpaired) electrons. The predicted molar refractivity (Wildman–Crippen MR) is 102 cm³/mol. The monoisotopic (exact) mass is 478 g/mol. The van der Waals surface area contributed by atoms with Crippen molar-refractivity contribution in [2.75, 3.05) is 26.3 Å². The summed E-state index contributed by atoms with van der Waals surface area (Å²) < 4.78 is 63.3. The van der Waals surface area contributed by atoms with Crippen molar-refractivity contribution >= 4 is 23.8 Å². The van der Waals surface area contributed by atoms with E-state index in [9.17, 15) is 36.7 Å². The fourth-order valence-corrected chi connectivity index (χ4v) is 3.17. The Bertz CT molecular complexity index is 894. The maximum absolute atomic E-state index is 13.7. The number of ketones is 1. The highest BCUT2D eigenvalue weighted by molar-refractivity contribution is 5.93. The number of carbonyl (C=O) groups excluding carboxylic acids is 3. The van der Waals surface area contributed by atoms with Gasteiger partial charge in [0.1, 0.15) is 12.6 Å². The molecule has 1 heterocycles. The molecule has 1 aromatic rings. The lowest BCUT2D eigenvalue weighted by atomic mass is 9.95. The summed E-state index contributed by atoms with van der Waals surface area (Å²) in [6.45, 7) is 1.10. The fraction of sp³-hybridized carbons (Fsp3) is 0.500. The quantitative estimate of drug-likeness (QED) is 0.411. The molecule has 0 bridgehead atoms. The topological polar surface area (TPSA) is 122 Å². The van der Waals surface area contributed by atoms with Crippen LogP contribution in [0.2, 0.25) is 0 Å². The van der Waals surface area contributed by atoms with Crippen molar-refractivity contribution in [3.63, 3.8) is 0 Å². The first-order valence-corrected chi connectivity index (χ1v) is 9.97. The number of benzene rings is 1. The molecule has 2 rings (SSSR count). The van der Waals surface area contributed by atoms with E-state index >= 15 is 0 Å². The van der Waals surface area contributed by atoms with Crippen molar-refractivity contribution < 1.29 is 51.3 Å². The number of carboxylic acid groups (broad SMARTS) is 1. The van der Waals surface area contributed by atoms with E-state index in [1.165, 1.54) is 4.90 Å². The van der Waals surface area contributed by atoms with Gasteiger partial charge in [0, 0.05) is 25.1 Å². The zero-order valence-corrected chi connectivity index (χ0v) is 17.5. The summed E-state index contributed by atoms with van der Waals surface area (Å²) in [5.74, 6) is -12.5. The Hall–Kier alpha value is -3.38. The summed E-state index contributed by atoms with van der Waals surface area (Å²) in [6, 6.07) is -1.66. The predicted octanol–water partition coefficient (Wildman–Crippen LogP) is 2.02. The maximum Gasteiger partial charge on any atom is 0.409 e. The minimum absolute atomic E-state index is 0.0416. The molecule has 1 atom stereocenters. The van der Waals surface area contributed by atoms with Gasteiger partial charge in [-0.1, -0.05) is 0 Å². The molecule has 1 saturated heterocycles. The van der Waals surface area contributed by atoms with Gasteiger partial charge < -0.3 is 24.8 Å². The number of amides is 2. The molecular formula is C20H22F4N2O7. The Morgan fingerprint density at radius 1 is 1.12 bits per heavy atom. The van der Waals surface area contributed by atoms with Crippen LogP contribution in [0.3, 0.4) is 0 Å². The Labute approximate surface area is 185 Å². The van der Waals surface area contributed by atoms with Crippen LogP contribution >= 0.6 is 0 Å². The minimum Gasteiger partial charge on any atom is -0.481 e. The van der Waals surface area contributed by atoms with E-state index in [2.05, 4.69) is 10.1 Å². The van der Waals surface area contributed by atoms with Crippen molar-refractivity contribution in [3.8, 4) is 5.75 Å². The first-order valence-electron chi connectivity index (χ1n) is 9.97. The van der Waals surface area contributed by atoms with Gasteiger partial charge in [-0.3, -0.25) is 14.4 Å². The number of hydrogen-bond donors (Lipinski definition) is 2. The second kappa shape index (κ2) is 11.5. The normalized spacial score (nSPS) is 15.0. The standard InChI is InChI=1S/C20H22F4N2O7/c1-2-32-20(31)26-5-3-10(4-6-26)19(30)25-13(8-15(28)29)14(27)9-33-18-16(23)11(21)7-12(22)17(18)24/h7,10,13H,2-6,8-9H2,1H3,(H,25,30)(H,28,29)/t13-/m0/s1. The highest BCUT2D eigenvalue weighted by Gasteiger charge is 2.32. The number of rotatable bonds is 9. The summed E-state index contributed by atoms with van der Waals surface area (Å²) in [6.07, 6.45) is -0.930. The van der Waals surface area contributed by atoms with Crippen LogP contribution in [0.15, 0.2) is 6.07 Å².